The second-order valence-corrected chi connectivity index (χ2v) is 4.65. The van der Waals surface area contributed by atoms with Crippen LogP contribution in [0.15, 0.2) is 0 Å². The lowest BCUT2D eigenvalue weighted by Crippen LogP contribution is -2.10. The van der Waals surface area contributed by atoms with Gasteiger partial charge in [-0.3, -0.25) is 9.00 Å². The van der Waals surface area contributed by atoms with E-state index < -0.39 is 16.8 Å². The molecule has 15 heavy (non-hydrogen) atoms. The zero-order valence-electron chi connectivity index (χ0n) is 8.94. The number of carboxylic acids is 1. The molecule has 5 nitrogen and oxygen atoms in total. The fourth-order valence-corrected chi connectivity index (χ4v) is 1.92. The third-order valence-corrected chi connectivity index (χ3v) is 3.04. The first-order valence-corrected chi connectivity index (χ1v) is 6.29. The van der Waals surface area contributed by atoms with E-state index in [0.717, 1.165) is 0 Å². The van der Waals surface area contributed by atoms with Crippen molar-refractivity contribution in [1.29, 1.82) is 0 Å². The van der Waals surface area contributed by atoms with Gasteiger partial charge < -0.3 is 14.6 Å². The van der Waals surface area contributed by atoms with Crippen LogP contribution in [0.2, 0.25) is 0 Å². The smallest absolute Gasteiger partial charge is 0.304 e. The van der Waals surface area contributed by atoms with Crippen molar-refractivity contribution in [1.82, 2.24) is 0 Å². The van der Waals surface area contributed by atoms with Crippen molar-refractivity contribution in [3.8, 4) is 0 Å². The summed E-state index contributed by atoms with van der Waals surface area (Å²) in [7, 11) is 0.562. The van der Waals surface area contributed by atoms with Gasteiger partial charge in [0.1, 0.15) is 0 Å². The Labute approximate surface area is 92.2 Å². The Balaban J connectivity index is 3.20. The molecule has 0 saturated carbocycles. The highest BCUT2D eigenvalue weighted by Gasteiger charge is 2.03. The number of hydrogen-bond donors (Lipinski definition) is 1. The number of hydrogen-bond acceptors (Lipinski definition) is 4. The predicted octanol–water partition coefficient (Wildman–Crippen LogP) is 0.263. The Bertz CT molecular complexity index is 195. The Morgan fingerprint density at radius 1 is 1.27 bits per heavy atom. The monoisotopic (exact) mass is 238 g/mol. The van der Waals surface area contributed by atoms with Crippen molar-refractivity contribution in [2.75, 3.05) is 38.4 Å². The molecule has 0 rings (SSSR count). The van der Waals surface area contributed by atoms with Gasteiger partial charge >= 0.3 is 5.97 Å². The van der Waals surface area contributed by atoms with Crippen LogP contribution >= 0.6 is 0 Å². The lowest BCUT2D eigenvalue weighted by Gasteiger charge is -2.03. The summed E-state index contributed by atoms with van der Waals surface area (Å²) in [4.78, 5) is 10.2. The molecule has 0 aliphatic carbocycles. The molecular weight excluding hydrogens is 220 g/mol. The van der Waals surface area contributed by atoms with E-state index in [1.54, 1.807) is 7.11 Å². The number of carboxylic acid groups (broad SMARTS) is 1. The van der Waals surface area contributed by atoms with Gasteiger partial charge in [-0.05, 0) is 6.42 Å². The molecule has 0 aliphatic heterocycles. The quantitative estimate of drug-likeness (QED) is 0.553. The predicted molar refractivity (Wildman–Crippen MR) is 57.4 cm³/mol. The van der Waals surface area contributed by atoms with Crippen LogP contribution in [0.25, 0.3) is 0 Å². The Morgan fingerprint density at radius 3 is 2.60 bits per heavy atom. The highest BCUT2D eigenvalue weighted by molar-refractivity contribution is 7.84. The van der Waals surface area contributed by atoms with E-state index in [2.05, 4.69) is 0 Å². The zero-order valence-corrected chi connectivity index (χ0v) is 9.75. The van der Waals surface area contributed by atoms with Crippen LogP contribution in [0.1, 0.15) is 12.8 Å². The SMILES string of the molecule is COCCOCCCS(=O)CCC(=O)O. The van der Waals surface area contributed by atoms with Gasteiger partial charge in [-0.15, -0.1) is 0 Å². The zero-order chi connectivity index (χ0) is 11.5. The van der Waals surface area contributed by atoms with E-state index in [9.17, 15) is 9.00 Å². The number of carbonyl (C=O) groups is 1. The van der Waals surface area contributed by atoms with Gasteiger partial charge in [-0.1, -0.05) is 0 Å². The maximum absolute atomic E-state index is 11.2. The summed E-state index contributed by atoms with van der Waals surface area (Å²) in [5, 5.41) is 8.36. The lowest BCUT2D eigenvalue weighted by molar-refractivity contribution is -0.136. The van der Waals surface area contributed by atoms with E-state index in [4.69, 9.17) is 14.6 Å². The normalized spacial score (nSPS) is 12.6. The molecule has 0 radical (unpaired) electrons. The molecule has 0 aliphatic rings. The number of ether oxygens (including phenoxy) is 2. The third kappa shape index (κ3) is 11.5. The number of aliphatic carboxylic acids is 1. The average molecular weight is 238 g/mol. The highest BCUT2D eigenvalue weighted by atomic mass is 32.2. The fraction of sp³-hybridized carbons (Fsp3) is 0.889. The fourth-order valence-electron chi connectivity index (χ4n) is 0.870. The maximum atomic E-state index is 11.2. The van der Waals surface area contributed by atoms with E-state index in [1.165, 1.54) is 0 Å². The molecule has 1 atom stereocenters. The van der Waals surface area contributed by atoms with E-state index in [0.29, 0.717) is 32.0 Å². The topological polar surface area (TPSA) is 72.8 Å². The van der Waals surface area contributed by atoms with Gasteiger partial charge in [0, 0.05) is 36.0 Å². The number of rotatable bonds is 10. The second kappa shape index (κ2) is 10.1. The van der Waals surface area contributed by atoms with Crippen LogP contribution in [0, 0.1) is 0 Å². The summed E-state index contributed by atoms with van der Waals surface area (Å²) < 4.78 is 21.2. The number of methoxy groups -OCH3 is 1. The summed E-state index contributed by atoms with van der Waals surface area (Å²) in [6.07, 6.45) is 0.660. The molecule has 0 amide bonds. The highest BCUT2D eigenvalue weighted by Crippen LogP contribution is 1.92. The molecule has 0 aromatic heterocycles. The van der Waals surface area contributed by atoms with Gasteiger partial charge in [0.15, 0.2) is 0 Å². The molecule has 0 fully saturated rings. The van der Waals surface area contributed by atoms with Crippen molar-refractivity contribution in [3.63, 3.8) is 0 Å². The van der Waals surface area contributed by atoms with Crippen molar-refractivity contribution < 1.29 is 23.6 Å². The van der Waals surface area contributed by atoms with Crippen LogP contribution in [-0.4, -0.2) is 53.7 Å². The van der Waals surface area contributed by atoms with Crippen LogP contribution in [0.5, 0.6) is 0 Å². The molecule has 0 bridgehead atoms. The largest absolute Gasteiger partial charge is 0.481 e. The van der Waals surface area contributed by atoms with Crippen molar-refractivity contribution in [2.24, 2.45) is 0 Å². The molecule has 0 spiro atoms. The minimum Gasteiger partial charge on any atom is -0.481 e. The van der Waals surface area contributed by atoms with Crippen molar-refractivity contribution in [2.45, 2.75) is 12.8 Å². The Morgan fingerprint density at radius 2 is 2.00 bits per heavy atom. The van der Waals surface area contributed by atoms with Gasteiger partial charge in [0.05, 0.1) is 19.6 Å². The minimum absolute atomic E-state index is 0.0306. The Kier molecular flexibility index (Phi) is 9.76. The summed E-state index contributed by atoms with van der Waals surface area (Å²) in [6, 6.07) is 0. The van der Waals surface area contributed by atoms with Crippen molar-refractivity contribution in [3.05, 3.63) is 0 Å². The Hall–Kier alpha value is -0.460. The summed E-state index contributed by atoms with van der Waals surface area (Å²) in [5.41, 5.74) is 0. The van der Waals surface area contributed by atoms with Crippen LogP contribution in [0.4, 0.5) is 0 Å². The molecular formula is C9H18O5S. The average Bonchev–Trinajstić information content (AvgIpc) is 2.20. The van der Waals surface area contributed by atoms with Gasteiger partial charge in [-0.2, -0.15) is 0 Å². The van der Waals surface area contributed by atoms with Crippen LogP contribution in [-0.2, 0) is 25.1 Å². The summed E-state index contributed by atoms with van der Waals surface area (Å²) in [5.74, 6) is -0.173. The molecule has 0 heterocycles. The molecule has 0 saturated heterocycles. The first kappa shape index (κ1) is 14.5. The molecule has 1 unspecified atom stereocenters. The van der Waals surface area contributed by atoms with Gasteiger partial charge in [-0.25, -0.2) is 0 Å². The van der Waals surface area contributed by atoms with Crippen LogP contribution in [0.3, 0.4) is 0 Å². The van der Waals surface area contributed by atoms with Gasteiger partial charge in [0.25, 0.3) is 0 Å². The molecule has 90 valence electrons. The van der Waals surface area contributed by atoms with E-state index >= 15 is 0 Å². The molecule has 1 N–H and O–H groups in total. The first-order chi connectivity index (χ1) is 7.16. The van der Waals surface area contributed by atoms with Crippen molar-refractivity contribution >= 4 is 16.8 Å². The molecule has 0 aromatic carbocycles. The standard InChI is InChI=1S/C9H18O5S/c1-13-5-6-14-4-2-7-15(12)8-3-9(10)11/h2-8H2,1H3,(H,10,11). The second-order valence-electron chi connectivity index (χ2n) is 2.95. The minimum atomic E-state index is -1.04. The molecule has 6 heteroatoms. The lowest BCUT2D eigenvalue weighted by atomic mass is 10.5. The summed E-state index contributed by atoms with van der Waals surface area (Å²) >= 11 is 0. The molecule has 0 aromatic rings. The van der Waals surface area contributed by atoms with E-state index in [-0.39, 0.29) is 12.2 Å². The first-order valence-electron chi connectivity index (χ1n) is 4.80. The summed E-state index contributed by atoms with van der Waals surface area (Å²) in [6.45, 7) is 1.64. The maximum Gasteiger partial charge on any atom is 0.304 e. The third-order valence-electron chi connectivity index (χ3n) is 1.64. The van der Waals surface area contributed by atoms with E-state index in [1.807, 2.05) is 0 Å². The van der Waals surface area contributed by atoms with Gasteiger partial charge in [0.2, 0.25) is 0 Å². The van der Waals surface area contributed by atoms with Crippen LogP contribution < -0.4 is 0 Å².